The van der Waals surface area contributed by atoms with Gasteiger partial charge in [0.2, 0.25) is 0 Å². The maximum absolute atomic E-state index is 12.5. The number of carbonyl (C=O) groups excluding carboxylic acids is 2. The number of rotatable bonds is 6. The molecule has 3 aromatic rings. The quantitative estimate of drug-likeness (QED) is 0.609. The molecule has 2 amide bonds. The van der Waals surface area contributed by atoms with Gasteiger partial charge in [-0.15, -0.1) is 0 Å². The first-order valence-electron chi connectivity index (χ1n) is 9.49. The van der Waals surface area contributed by atoms with Crippen LogP contribution < -0.4 is 15.4 Å². The Balaban J connectivity index is 1.63. The Morgan fingerprint density at radius 2 is 1.38 bits per heavy atom. The standard InChI is InChI=1S/C24H24N2O3/c1-4-29-21-12-8-19(9-13-21)23(27)25-20-10-6-18(7-11-20)24(28)26-22-14-5-16(2)15-17(22)3/h5-15H,4H2,1-3H3,(H,25,27)(H,26,28). The van der Waals surface area contributed by atoms with Crippen LogP contribution in [0.15, 0.2) is 66.7 Å². The fourth-order valence-corrected chi connectivity index (χ4v) is 2.93. The molecule has 0 bridgehead atoms. The van der Waals surface area contributed by atoms with Crippen LogP contribution in [0.4, 0.5) is 11.4 Å². The highest BCUT2D eigenvalue weighted by Gasteiger charge is 2.10. The van der Waals surface area contributed by atoms with Gasteiger partial charge in [0.15, 0.2) is 0 Å². The number of anilines is 2. The normalized spacial score (nSPS) is 10.3. The lowest BCUT2D eigenvalue weighted by Gasteiger charge is -2.10. The van der Waals surface area contributed by atoms with Gasteiger partial charge in [-0.1, -0.05) is 17.7 Å². The Morgan fingerprint density at radius 1 is 0.793 bits per heavy atom. The zero-order valence-corrected chi connectivity index (χ0v) is 16.8. The lowest BCUT2D eigenvalue weighted by molar-refractivity contribution is 0.102. The van der Waals surface area contributed by atoms with Gasteiger partial charge in [0.25, 0.3) is 11.8 Å². The predicted octanol–water partition coefficient (Wildman–Crippen LogP) is 5.21. The van der Waals surface area contributed by atoms with E-state index in [0.29, 0.717) is 23.4 Å². The highest BCUT2D eigenvalue weighted by molar-refractivity contribution is 6.06. The third-order valence-electron chi connectivity index (χ3n) is 4.46. The molecule has 0 unspecified atom stereocenters. The van der Waals surface area contributed by atoms with Crippen LogP contribution in [0.2, 0.25) is 0 Å². The van der Waals surface area contributed by atoms with E-state index in [4.69, 9.17) is 4.74 Å². The fourth-order valence-electron chi connectivity index (χ4n) is 2.93. The van der Waals surface area contributed by atoms with Crippen LogP contribution in [0.25, 0.3) is 0 Å². The molecule has 0 fully saturated rings. The summed E-state index contributed by atoms with van der Waals surface area (Å²) in [5.41, 5.74) is 4.61. The molecule has 0 aliphatic carbocycles. The molecule has 0 saturated heterocycles. The molecule has 0 atom stereocenters. The average molecular weight is 388 g/mol. The van der Waals surface area contributed by atoms with E-state index in [0.717, 1.165) is 22.6 Å². The number of benzene rings is 3. The van der Waals surface area contributed by atoms with E-state index in [1.54, 1.807) is 48.5 Å². The average Bonchev–Trinajstić information content (AvgIpc) is 2.71. The molecule has 0 saturated carbocycles. The monoisotopic (exact) mass is 388 g/mol. The fraction of sp³-hybridized carbons (Fsp3) is 0.167. The van der Waals surface area contributed by atoms with E-state index in [-0.39, 0.29) is 11.8 Å². The topological polar surface area (TPSA) is 67.4 Å². The number of carbonyl (C=O) groups is 2. The SMILES string of the molecule is CCOc1ccc(C(=O)Nc2ccc(C(=O)Nc3ccc(C)cc3C)cc2)cc1. The first-order chi connectivity index (χ1) is 14.0. The molecule has 3 rings (SSSR count). The Labute approximate surface area is 170 Å². The highest BCUT2D eigenvalue weighted by atomic mass is 16.5. The van der Waals surface area contributed by atoms with E-state index in [9.17, 15) is 9.59 Å². The van der Waals surface area contributed by atoms with Crippen molar-refractivity contribution in [1.29, 1.82) is 0 Å². The molecule has 5 nitrogen and oxygen atoms in total. The first kappa shape index (κ1) is 20.1. The molecule has 148 valence electrons. The second kappa shape index (κ2) is 9.06. The Kier molecular flexibility index (Phi) is 6.29. The zero-order chi connectivity index (χ0) is 20.8. The number of hydrogen-bond acceptors (Lipinski definition) is 3. The maximum atomic E-state index is 12.5. The minimum absolute atomic E-state index is 0.193. The van der Waals surface area contributed by atoms with Crippen LogP contribution >= 0.6 is 0 Å². The molecule has 0 spiro atoms. The molecule has 2 N–H and O–H groups in total. The van der Waals surface area contributed by atoms with Gasteiger partial charge in [-0.3, -0.25) is 9.59 Å². The third-order valence-corrected chi connectivity index (χ3v) is 4.46. The second-order valence-corrected chi connectivity index (χ2v) is 6.76. The minimum atomic E-state index is -0.222. The van der Waals surface area contributed by atoms with Crippen LogP contribution in [-0.2, 0) is 0 Å². The molecule has 0 radical (unpaired) electrons. The number of hydrogen-bond donors (Lipinski definition) is 2. The van der Waals surface area contributed by atoms with Crippen LogP contribution in [0.3, 0.4) is 0 Å². The largest absolute Gasteiger partial charge is 0.494 e. The second-order valence-electron chi connectivity index (χ2n) is 6.76. The van der Waals surface area contributed by atoms with Gasteiger partial charge in [-0.2, -0.15) is 0 Å². The Hall–Kier alpha value is -3.60. The first-order valence-corrected chi connectivity index (χ1v) is 9.49. The summed E-state index contributed by atoms with van der Waals surface area (Å²) in [6.07, 6.45) is 0. The highest BCUT2D eigenvalue weighted by Crippen LogP contribution is 2.18. The maximum Gasteiger partial charge on any atom is 0.255 e. The predicted molar refractivity (Wildman–Crippen MR) is 116 cm³/mol. The summed E-state index contributed by atoms with van der Waals surface area (Å²) in [6, 6.07) is 19.6. The van der Waals surface area contributed by atoms with Crippen molar-refractivity contribution >= 4 is 23.2 Å². The summed E-state index contributed by atoms with van der Waals surface area (Å²) in [7, 11) is 0. The summed E-state index contributed by atoms with van der Waals surface area (Å²) in [5.74, 6) is 0.310. The van der Waals surface area contributed by atoms with Crippen molar-refractivity contribution < 1.29 is 14.3 Å². The van der Waals surface area contributed by atoms with Crippen molar-refractivity contribution in [3.05, 3.63) is 89.0 Å². The van der Waals surface area contributed by atoms with E-state index in [1.807, 2.05) is 39.0 Å². The van der Waals surface area contributed by atoms with Crippen molar-refractivity contribution in [2.24, 2.45) is 0 Å². The van der Waals surface area contributed by atoms with Crippen LogP contribution in [0, 0.1) is 13.8 Å². The van der Waals surface area contributed by atoms with Gasteiger partial charge in [0.05, 0.1) is 6.61 Å². The molecule has 29 heavy (non-hydrogen) atoms. The molecule has 0 heterocycles. The van der Waals surface area contributed by atoms with Gasteiger partial charge in [-0.05, 0) is 80.9 Å². The van der Waals surface area contributed by atoms with E-state index in [1.165, 1.54) is 0 Å². The van der Waals surface area contributed by atoms with Crippen LogP contribution in [0.1, 0.15) is 38.8 Å². The van der Waals surface area contributed by atoms with Gasteiger partial charge in [0, 0.05) is 22.5 Å². The summed E-state index contributed by atoms with van der Waals surface area (Å²) in [4.78, 5) is 24.9. The van der Waals surface area contributed by atoms with Crippen LogP contribution in [0.5, 0.6) is 5.75 Å². The van der Waals surface area contributed by atoms with Crippen molar-refractivity contribution in [3.8, 4) is 5.75 Å². The number of amides is 2. The summed E-state index contributed by atoms with van der Waals surface area (Å²) >= 11 is 0. The Bertz CT molecular complexity index is 1010. The summed E-state index contributed by atoms with van der Waals surface area (Å²) in [6.45, 7) is 6.46. The van der Waals surface area contributed by atoms with E-state index >= 15 is 0 Å². The number of aryl methyl sites for hydroxylation is 2. The van der Waals surface area contributed by atoms with Gasteiger partial charge in [-0.25, -0.2) is 0 Å². The van der Waals surface area contributed by atoms with E-state index in [2.05, 4.69) is 10.6 Å². The molecule has 0 aliphatic rings. The van der Waals surface area contributed by atoms with Gasteiger partial charge >= 0.3 is 0 Å². The molecular formula is C24H24N2O3. The third kappa shape index (κ3) is 5.23. The van der Waals surface area contributed by atoms with Crippen molar-refractivity contribution in [3.63, 3.8) is 0 Å². The van der Waals surface area contributed by atoms with Crippen LogP contribution in [-0.4, -0.2) is 18.4 Å². The Morgan fingerprint density at radius 3 is 1.97 bits per heavy atom. The summed E-state index contributed by atoms with van der Waals surface area (Å²) < 4.78 is 5.38. The van der Waals surface area contributed by atoms with Gasteiger partial charge < -0.3 is 15.4 Å². The number of nitrogens with one attached hydrogen (secondary N) is 2. The number of ether oxygens (including phenoxy) is 1. The lowest BCUT2D eigenvalue weighted by atomic mass is 10.1. The smallest absolute Gasteiger partial charge is 0.255 e. The molecule has 0 aromatic heterocycles. The lowest BCUT2D eigenvalue weighted by Crippen LogP contribution is -2.14. The molecule has 0 aliphatic heterocycles. The minimum Gasteiger partial charge on any atom is -0.494 e. The molecule has 3 aromatic carbocycles. The zero-order valence-electron chi connectivity index (χ0n) is 16.8. The van der Waals surface area contributed by atoms with Crippen molar-refractivity contribution in [1.82, 2.24) is 0 Å². The van der Waals surface area contributed by atoms with Crippen molar-refractivity contribution in [2.45, 2.75) is 20.8 Å². The van der Waals surface area contributed by atoms with Crippen molar-refractivity contribution in [2.75, 3.05) is 17.2 Å². The van der Waals surface area contributed by atoms with Gasteiger partial charge in [0.1, 0.15) is 5.75 Å². The van der Waals surface area contributed by atoms with E-state index < -0.39 is 0 Å². The summed E-state index contributed by atoms with van der Waals surface area (Å²) in [5, 5.41) is 5.75. The molecular weight excluding hydrogens is 364 g/mol. The molecule has 5 heteroatoms.